The molecule has 1 heterocycles. The van der Waals surface area contributed by atoms with Crippen molar-refractivity contribution in [2.45, 2.75) is 25.8 Å². The van der Waals surface area contributed by atoms with E-state index in [1.807, 2.05) is 32.3 Å². The number of methoxy groups -OCH3 is 1. The van der Waals surface area contributed by atoms with Crippen molar-refractivity contribution in [1.82, 2.24) is 10.3 Å². The first kappa shape index (κ1) is 12.5. The first-order chi connectivity index (χ1) is 7.80. The topological polar surface area (TPSA) is 34.1 Å². The van der Waals surface area contributed by atoms with Crippen LogP contribution in [0.2, 0.25) is 0 Å². The Morgan fingerprint density at radius 3 is 2.81 bits per heavy atom. The minimum atomic E-state index is 0.377. The van der Waals surface area contributed by atoms with Gasteiger partial charge in [-0.15, -0.1) is 11.8 Å². The first-order valence-corrected chi connectivity index (χ1v) is 5.36. The number of nitrogens with zero attached hydrogens (tertiary/aromatic N) is 1. The van der Waals surface area contributed by atoms with Gasteiger partial charge in [-0.1, -0.05) is 6.07 Å². The van der Waals surface area contributed by atoms with Crippen LogP contribution in [0.4, 0.5) is 0 Å². The van der Waals surface area contributed by atoms with E-state index in [1.165, 1.54) is 5.56 Å². The summed E-state index contributed by atoms with van der Waals surface area (Å²) in [5.41, 5.74) is 1.19. The molecule has 3 nitrogen and oxygen atoms in total. The summed E-state index contributed by atoms with van der Waals surface area (Å²) in [7, 11) is 3.58. The van der Waals surface area contributed by atoms with Crippen LogP contribution in [-0.4, -0.2) is 25.2 Å². The van der Waals surface area contributed by atoms with Crippen molar-refractivity contribution in [2.75, 3.05) is 14.2 Å². The molecule has 0 saturated heterocycles. The summed E-state index contributed by atoms with van der Waals surface area (Å²) in [4.78, 5) is 4.18. The van der Waals surface area contributed by atoms with Crippen molar-refractivity contribution in [3.63, 3.8) is 0 Å². The van der Waals surface area contributed by atoms with Gasteiger partial charge in [0.15, 0.2) is 0 Å². The van der Waals surface area contributed by atoms with Gasteiger partial charge in [0.05, 0.1) is 7.11 Å². The Morgan fingerprint density at radius 2 is 2.31 bits per heavy atom. The molecule has 1 unspecified atom stereocenters. The standard InChI is InChI=1S/C13H18N2O/c1-4-5-6-12(14-2)9-11-7-8-13(16-3)15-10-11/h7-8,10,12,14H,6,9H2,1-3H3. The molecule has 1 aromatic rings. The minimum Gasteiger partial charge on any atom is -0.481 e. The van der Waals surface area contributed by atoms with Crippen molar-refractivity contribution >= 4 is 0 Å². The van der Waals surface area contributed by atoms with Gasteiger partial charge in [0, 0.05) is 24.7 Å². The molecule has 1 rings (SSSR count). The van der Waals surface area contributed by atoms with Gasteiger partial charge in [-0.25, -0.2) is 4.98 Å². The Balaban J connectivity index is 2.58. The smallest absolute Gasteiger partial charge is 0.212 e. The van der Waals surface area contributed by atoms with Gasteiger partial charge in [-0.05, 0) is 26.0 Å². The van der Waals surface area contributed by atoms with E-state index in [2.05, 4.69) is 22.1 Å². The fourth-order valence-electron chi connectivity index (χ4n) is 1.44. The molecule has 16 heavy (non-hydrogen) atoms. The molecule has 0 aliphatic rings. The van der Waals surface area contributed by atoms with Gasteiger partial charge >= 0.3 is 0 Å². The van der Waals surface area contributed by atoms with Gasteiger partial charge in [-0.3, -0.25) is 0 Å². The molecular formula is C13H18N2O. The van der Waals surface area contributed by atoms with Crippen LogP contribution in [0, 0.1) is 11.8 Å². The van der Waals surface area contributed by atoms with E-state index in [0.29, 0.717) is 11.9 Å². The zero-order chi connectivity index (χ0) is 11.8. The highest BCUT2D eigenvalue weighted by Gasteiger charge is 2.05. The molecule has 1 aromatic heterocycles. The van der Waals surface area contributed by atoms with E-state index in [0.717, 1.165) is 12.8 Å². The van der Waals surface area contributed by atoms with Gasteiger partial charge in [-0.2, -0.15) is 0 Å². The van der Waals surface area contributed by atoms with Crippen LogP contribution >= 0.6 is 0 Å². The largest absolute Gasteiger partial charge is 0.481 e. The molecule has 0 aromatic carbocycles. The number of hydrogen-bond donors (Lipinski definition) is 1. The van der Waals surface area contributed by atoms with Crippen LogP contribution in [0.1, 0.15) is 18.9 Å². The molecule has 1 N–H and O–H groups in total. The maximum atomic E-state index is 5.02. The summed E-state index contributed by atoms with van der Waals surface area (Å²) in [6, 6.07) is 4.30. The number of nitrogens with one attached hydrogen (secondary N) is 1. The summed E-state index contributed by atoms with van der Waals surface area (Å²) < 4.78 is 5.02. The summed E-state index contributed by atoms with van der Waals surface area (Å²) in [5.74, 6) is 6.65. The predicted molar refractivity (Wildman–Crippen MR) is 65.4 cm³/mol. The van der Waals surface area contributed by atoms with Crippen LogP contribution in [0.5, 0.6) is 5.88 Å². The normalized spacial score (nSPS) is 11.4. The molecule has 0 fully saturated rings. The average molecular weight is 218 g/mol. The number of aromatic nitrogens is 1. The average Bonchev–Trinajstić information content (AvgIpc) is 2.35. The molecule has 86 valence electrons. The summed E-state index contributed by atoms with van der Waals surface area (Å²) in [6.07, 6.45) is 3.64. The van der Waals surface area contributed by atoms with E-state index in [4.69, 9.17) is 4.74 Å². The Labute approximate surface area is 97.2 Å². The Bertz CT molecular complexity index is 362. The second-order valence-electron chi connectivity index (χ2n) is 3.53. The lowest BCUT2D eigenvalue weighted by atomic mass is 10.1. The Morgan fingerprint density at radius 1 is 1.50 bits per heavy atom. The second-order valence-corrected chi connectivity index (χ2v) is 3.53. The lowest BCUT2D eigenvalue weighted by Crippen LogP contribution is -2.27. The summed E-state index contributed by atoms with van der Waals surface area (Å²) >= 11 is 0. The molecule has 0 amide bonds. The molecular weight excluding hydrogens is 200 g/mol. The van der Waals surface area contributed by atoms with Crippen LogP contribution in [0.15, 0.2) is 18.3 Å². The van der Waals surface area contributed by atoms with E-state index in [1.54, 1.807) is 7.11 Å². The Kier molecular flexibility index (Phi) is 5.38. The molecule has 1 atom stereocenters. The van der Waals surface area contributed by atoms with Gasteiger partial charge < -0.3 is 10.1 Å². The third-order valence-corrected chi connectivity index (χ3v) is 2.42. The van der Waals surface area contributed by atoms with Crippen LogP contribution < -0.4 is 10.1 Å². The lowest BCUT2D eigenvalue weighted by molar-refractivity contribution is 0.397. The van der Waals surface area contributed by atoms with Gasteiger partial charge in [0.25, 0.3) is 0 Å². The van der Waals surface area contributed by atoms with E-state index >= 15 is 0 Å². The zero-order valence-corrected chi connectivity index (χ0v) is 10.1. The van der Waals surface area contributed by atoms with Crippen molar-refractivity contribution in [3.8, 4) is 17.7 Å². The highest BCUT2D eigenvalue weighted by molar-refractivity contribution is 5.19. The number of rotatable bonds is 5. The van der Waals surface area contributed by atoms with Crippen LogP contribution in [0.3, 0.4) is 0 Å². The van der Waals surface area contributed by atoms with E-state index in [9.17, 15) is 0 Å². The maximum absolute atomic E-state index is 5.02. The van der Waals surface area contributed by atoms with E-state index in [-0.39, 0.29) is 0 Å². The van der Waals surface area contributed by atoms with Crippen LogP contribution in [-0.2, 0) is 6.42 Å². The zero-order valence-electron chi connectivity index (χ0n) is 10.1. The monoisotopic (exact) mass is 218 g/mol. The highest BCUT2D eigenvalue weighted by Crippen LogP contribution is 2.09. The molecule has 3 heteroatoms. The minimum absolute atomic E-state index is 0.377. The van der Waals surface area contributed by atoms with Crippen molar-refractivity contribution in [2.24, 2.45) is 0 Å². The first-order valence-electron chi connectivity index (χ1n) is 5.36. The fraction of sp³-hybridized carbons (Fsp3) is 0.462. The quantitative estimate of drug-likeness (QED) is 0.763. The predicted octanol–water partition coefficient (Wildman–Crippen LogP) is 1.63. The maximum Gasteiger partial charge on any atom is 0.212 e. The number of hydrogen-bond acceptors (Lipinski definition) is 3. The Hall–Kier alpha value is -1.53. The van der Waals surface area contributed by atoms with Crippen LogP contribution in [0.25, 0.3) is 0 Å². The third-order valence-electron chi connectivity index (χ3n) is 2.42. The van der Waals surface area contributed by atoms with E-state index < -0.39 is 0 Å². The molecule has 0 spiro atoms. The third kappa shape index (κ3) is 3.92. The summed E-state index contributed by atoms with van der Waals surface area (Å²) in [5, 5.41) is 3.25. The fourth-order valence-corrected chi connectivity index (χ4v) is 1.44. The molecule has 0 bridgehead atoms. The second kappa shape index (κ2) is 6.86. The summed E-state index contributed by atoms with van der Waals surface area (Å²) in [6.45, 7) is 1.86. The number of likely N-dealkylation sites (N-methyl/N-ethyl adjacent to an activating group) is 1. The van der Waals surface area contributed by atoms with Crippen molar-refractivity contribution < 1.29 is 4.74 Å². The molecule has 0 aliphatic heterocycles. The lowest BCUT2D eigenvalue weighted by Gasteiger charge is -2.12. The molecule has 0 radical (unpaired) electrons. The molecule has 0 aliphatic carbocycles. The van der Waals surface area contributed by atoms with Gasteiger partial charge in [0.1, 0.15) is 0 Å². The van der Waals surface area contributed by atoms with Crippen molar-refractivity contribution in [3.05, 3.63) is 23.9 Å². The van der Waals surface area contributed by atoms with Crippen molar-refractivity contribution in [1.29, 1.82) is 0 Å². The number of ether oxygens (including phenoxy) is 1. The molecule has 0 saturated carbocycles. The van der Waals surface area contributed by atoms with Gasteiger partial charge in [0.2, 0.25) is 5.88 Å². The highest BCUT2D eigenvalue weighted by atomic mass is 16.5. The SMILES string of the molecule is CC#CCC(Cc1ccc(OC)nc1)NC. The number of pyridine rings is 1.